The van der Waals surface area contributed by atoms with E-state index in [-0.39, 0.29) is 41.8 Å². The highest BCUT2D eigenvalue weighted by Crippen LogP contribution is 2.33. The molecule has 1 rings (SSSR count). The lowest BCUT2D eigenvalue weighted by atomic mass is 9.78. The van der Waals surface area contributed by atoms with Crippen LogP contribution in [0.15, 0.2) is 0 Å². The Kier molecular flexibility index (Phi) is 8.07. The average molecular weight is 307 g/mol. The highest BCUT2D eigenvalue weighted by Gasteiger charge is 2.35. The van der Waals surface area contributed by atoms with Gasteiger partial charge in [-0.25, -0.2) is 0 Å². The van der Waals surface area contributed by atoms with Crippen molar-refractivity contribution >= 4 is 18.3 Å². The van der Waals surface area contributed by atoms with E-state index in [1.165, 1.54) is 0 Å². The van der Waals surface area contributed by atoms with E-state index in [2.05, 4.69) is 26.1 Å². The van der Waals surface area contributed by atoms with E-state index >= 15 is 0 Å². The third kappa shape index (κ3) is 5.58. The summed E-state index contributed by atoms with van der Waals surface area (Å²) in [5, 5.41) is 3.04. The summed E-state index contributed by atoms with van der Waals surface area (Å²) in [7, 11) is 0. The zero-order valence-corrected chi connectivity index (χ0v) is 14.3. The molecule has 0 aliphatic carbocycles. The van der Waals surface area contributed by atoms with Crippen LogP contribution in [0, 0.1) is 17.3 Å². The van der Waals surface area contributed by atoms with Crippen LogP contribution in [-0.2, 0) is 9.53 Å². The minimum absolute atomic E-state index is 0. The number of carbonyl (C=O) groups excluding carboxylic acids is 1. The molecular formula is C15H31ClN2O2. The van der Waals surface area contributed by atoms with Gasteiger partial charge < -0.3 is 15.8 Å². The fourth-order valence-corrected chi connectivity index (χ4v) is 2.64. The molecule has 0 aromatic heterocycles. The quantitative estimate of drug-likeness (QED) is 0.838. The Morgan fingerprint density at radius 2 is 2.00 bits per heavy atom. The van der Waals surface area contributed by atoms with Crippen LogP contribution in [0.3, 0.4) is 0 Å². The molecule has 20 heavy (non-hydrogen) atoms. The Labute approximate surface area is 129 Å². The van der Waals surface area contributed by atoms with Gasteiger partial charge in [-0.05, 0) is 25.2 Å². The molecule has 4 atom stereocenters. The Morgan fingerprint density at radius 3 is 2.50 bits per heavy atom. The zero-order valence-electron chi connectivity index (χ0n) is 13.4. The molecule has 1 saturated heterocycles. The van der Waals surface area contributed by atoms with Gasteiger partial charge in [0.15, 0.2) is 0 Å². The summed E-state index contributed by atoms with van der Waals surface area (Å²) < 4.78 is 5.92. The molecule has 1 amide bonds. The minimum atomic E-state index is -0.141. The van der Waals surface area contributed by atoms with Crippen LogP contribution in [-0.4, -0.2) is 31.2 Å². The fourth-order valence-electron chi connectivity index (χ4n) is 2.64. The van der Waals surface area contributed by atoms with Crippen molar-refractivity contribution in [1.29, 1.82) is 0 Å². The smallest absolute Gasteiger partial charge is 0.224 e. The predicted molar refractivity (Wildman–Crippen MR) is 85.0 cm³/mol. The first kappa shape index (κ1) is 19.7. The van der Waals surface area contributed by atoms with Crippen LogP contribution in [0.5, 0.6) is 0 Å². The first-order valence-electron chi connectivity index (χ1n) is 7.38. The van der Waals surface area contributed by atoms with E-state index in [1.807, 2.05) is 13.8 Å². The molecular weight excluding hydrogens is 276 g/mol. The fraction of sp³-hybridized carbons (Fsp3) is 0.933. The van der Waals surface area contributed by atoms with Crippen LogP contribution in [0.2, 0.25) is 0 Å². The summed E-state index contributed by atoms with van der Waals surface area (Å²) in [5.74, 6) is 0.309. The lowest BCUT2D eigenvalue weighted by Crippen LogP contribution is -2.47. The Bertz CT molecular complexity index is 303. The van der Waals surface area contributed by atoms with Crippen molar-refractivity contribution in [3.05, 3.63) is 0 Å². The molecule has 0 aromatic carbocycles. The highest BCUT2D eigenvalue weighted by molar-refractivity contribution is 5.85. The van der Waals surface area contributed by atoms with Gasteiger partial charge in [0.05, 0.1) is 6.10 Å². The topological polar surface area (TPSA) is 64.4 Å². The number of nitrogens with two attached hydrogens (primary N) is 1. The number of hydrogen-bond donors (Lipinski definition) is 2. The van der Waals surface area contributed by atoms with Gasteiger partial charge in [-0.2, -0.15) is 0 Å². The highest BCUT2D eigenvalue weighted by atomic mass is 35.5. The lowest BCUT2D eigenvalue weighted by Gasteiger charge is -2.40. The number of ether oxygens (including phenoxy) is 1. The second kappa shape index (κ2) is 8.20. The van der Waals surface area contributed by atoms with Crippen molar-refractivity contribution in [1.82, 2.24) is 5.32 Å². The standard InChI is InChI=1S/C15H30N2O2.ClH/c1-10(11(2)16)14(18)17-9-12-7-6-8-19-13(12)15(3,4)5;/h10-13H,6-9,16H2,1-5H3,(H,17,18);1H. The van der Waals surface area contributed by atoms with E-state index in [0.717, 1.165) is 19.4 Å². The van der Waals surface area contributed by atoms with Gasteiger partial charge in [0, 0.05) is 31.0 Å². The SMILES string of the molecule is CC(N)C(C)C(=O)NCC1CCCOC1C(C)(C)C.Cl. The summed E-state index contributed by atoms with van der Waals surface area (Å²) in [4.78, 5) is 12.0. The maximum absolute atomic E-state index is 12.0. The Hall–Kier alpha value is -0.320. The molecule has 3 N–H and O–H groups in total. The van der Waals surface area contributed by atoms with Crippen LogP contribution in [0.1, 0.15) is 47.5 Å². The van der Waals surface area contributed by atoms with E-state index in [1.54, 1.807) is 0 Å². The number of hydrogen-bond acceptors (Lipinski definition) is 3. The number of carbonyl (C=O) groups is 1. The van der Waals surface area contributed by atoms with Crippen LogP contribution < -0.4 is 11.1 Å². The second-order valence-corrected chi connectivity index (χ2v) is 6.95. The third-order valence-corrected chi connectivity index (χ3v) is 4.04. The van der Waals surface area contributed by atoms with Gasteiger partial charge in [0.2, 0.25) is 5.91 Å². The molecule has 1 aliphatic rings. The number of rotatable bonds is 4. The van der Waals surface area contributed by atoms with Crippen molar-refractivity contribution in [3.63, 3.8) is 0 Å². The number of halogens is 1. The molecule has 0 aromatic rings. The summed E-state index contributed by atoms with van der Waals surface area (Å²) in [6.45, 7) is 11.9. The number of amides is 1. The normalized spacial score (nSPS) is 26.3. The van der Waals surface area contributed by atoms with Gasteiger partial charge >= 0.3 is 0 Å². The average Bonchev–Trinajstić information content (AvgIpc) is 2.34. The van der Waals surface area contributed by atoms with Crippen molar-refractivity contribution in [2.45, 2.75) is 59.6 Å². The van der Waals surface area contributed by atoms with Crippen LogP contribution >= 0.6 is 12.4 Å². The first-order chi connectivity index (χ1) is 8.73. The monoisotopic (exact) mass is 306 g/mol. The molecule has 4 nitrogen and oxygen atoms in total. The van der Waals surface area contributed by atoms with E-state index in [0.29, 0.717) is 12.5 Å². The van der Waals surface area contributed by atoms with E-state index in [4.69, 9.17) is 10.5 Å². The summed E-state index contributed by atoms with van der Waals surface area (Å²) >= 11 is 0. The predicted octanol–water partition coefficient (Wildman–Crippen LogP) is 2.35. The lowest BCUT2D eigenvalue weighted by molar-refractivity contribution is -0.126. The van der Waals surface area contributed by atoms with Gasteiger partial charge in [-0.1, -0.05) is 27.7 Å². The molecule has 0 bridgehead atoms. The van der Waals surface area contributed by atoms with E-state index in [9.17, 15) is 4.79 Å². The van der Waals surface area contributed by atoms with Gasteiger partial charge in [-0.15, -0.1) is 12.4 Å². The molecule has 1 heterocycles. The molecule has 1 aliphatic heterocycles. The van der Waals surface area contributed by atoms with Crippen molar-refractivity contribution in [2.24, 2.45) is 23.0 Å². The molecule has 4 unspecified atom stereocenters. The molecule has 5 heteroatoms. The minimum Gasteiger partial charge on any atom is -0.377 e. The summed E-state index contributed by atoms with van der Waals surface area (Å²) in [5.41, 5.74) is 5.87. The Morgan fingerprint density at radius 1 is 1.40 bits per heavy atom. The molecule has 120 valence electrons. The zero-order chi connectivity index (χ0) is 14.6. The first-order valence-corrected chi connectivity index (χ1v) is 7.38. The second-order valence-electron chi connectivity index (χ2n) is 6.95. The van der Waals surface area contributed by atoms with Crippen molar-refractivity contribution < 1.29 is 9.53 Å². The van der Waals surface area contributed by atoms with Gasteiger partial charge in [0.1, 0.15) is 0 Å². The maximum atomic E-state index is 12.0. The molecule has 1 fully saturated rings. The molecule has 0 radical (unpaired) electrons. The largest absolute Gasteiger partial charge is 0.377 e. The molecule has 0 saturated carbocycles. The van der Waals surface area contributed by atoms with Crippen molar-refractivity contribution in [2.75, 3.05) is 13.2 Å². The van der Waals surface area contributed by atoms with Crippen LogP contribution in [0.4, 0.5) is 0 Å². The van der Waals surface area contributed by atoms with Crippen molar-refractivity contribution in [3.8, 4) is 0 Å². The van der Waals surface area contributed by atoms with Crippen LogP contribution in [0.25, 0.3) is 0 Å². The van der Waals surface area contributed by atoms with Gasteiger partial charge in [0.25, 0.3) is 0 Å². The third-order valence-electron chi connectivity index (χ3n) is 4.04. The summed E-state index contributed by atoms with van der Waals surface area (Å²) in [6.07, 6.45) is 2.41. The molecule has 0 spiro atoms. The van der Waals surface area contributed by atoms with Gasteiger partial charge in [-0.3, -0.25) is 4.79 Å². The number of nitrogens with one attached hydrogen (secondary N) is 1. The summed E-state index contributed by atoms with van der Waals surface area (Å²) in [6, 6.07) is -0.110. The van der Waals surface area contributed by atoms with E-state index < -0.39 is 0 Å². The Balaban J connectivity index is 0.00000361. The maximum Gasteiger partial charge on any atom is 0.224 e.